The van der Waals surface area contributed by atoms with Gasteiger partial charge in [-0.15, -0.1) is 0 Å². The lowest BCUT2D eigenvalue weighted by atomic mass is 10.1. The van der Waals surface area contributed by atoms with E-state index in [0.717, 1.165) is 4.90 Å². The number of aliphatic carboxylic acids is 1. The predicted molar refractivity (Wildman–Crippen MR) is 105 cm³/mol. The molecule has 29 heavy (non-hydrogen) atoms. The minimum atomic E-state index is -1.35. The van der Waals surface area contributed by atoms with Gasteiger partial charge in [0.2, 0.25) is 0 Å². The van der Waals surface area contributed by atoms with Crippen LogP contribution in [0.1, 0.15) is 12.5 Å². The number of carboxylic acids is 1. The van der Waals surface area contributed by atoms with Gasteiger partial charge in [-0.3, -0.25) is 14.9 Å². The van der Waals surface area contributed by atoms with Crippen molar-refractivity contribution in [2.45, 2.75) is 13.0 Å². The molecule has 2 aromatic carbocycles. The normalized spacial score (nSPS) is 16.6. The molecule has 0 aromatic heterocycles. The van der Waals surface area contributed by atoms with Gasteiger partial charge < -0.3 is 14.6 Å². The number of nitrogens with one attached hydrogen (secondary N) is 1. The molecule has 3 rings (SSSR count). The summed E-state index contributed by atoms with van der Waals surface area (Å²) in [5.74, 6) is -2.63. The Morgan fingerprint density at radius 2 is 1.86 bits per heavy atom. The number of benzene rings is 2. The highest BCUT2D eigenvalue weighted by Crippen LogP contribution is 2.25. The number of carbonyl (C=O) groups excluding carboxylic acids is 4. The van der Waals surface area contributed by atoms with Crippen molar-refractivity contribution in [3.63, 3.8) is 0 Å². The van der Waals surface area contributed by atoms with Crippen molar-refractivity contribution >= 4 is 51.5 Å². The lowest BCUT2D eigenvalue weighted by Crippen LogP contribution is -2.54. The van der Waals surface area contributed by atoms with Gasteiger partial charge in [0.15, 0.2) is 0 Å². The van der Waals surface area contributed by atoms with Gasteiger partial charge in [-0.25, -0.2) is 9.69 Å². The van der Waals surface area contributed by atoms with Crippen LogP contribution in [0.4, 0.5) is 10.5 Å². The van der Waals surface area contributed by atoms with E-state index in [1.807, 2.05) is 0 Å². The third-order valence-electron chi connectivity index (χ3n) is 4.00. The summed E-state index contributed by atoms with van der Waals surface area (Å²) in [5.41, 5.74) is 0.571. The summed E-state index contributed by atoms with van der Waals surface area (Å²) in [5, 5.41) is 12.9. The highest BCUT2D eigenvalue weighted by Gasteiger charge is 2.36. The van der Waals surface area contributed by atoms with E-state index < -0.39 is 29.9 Å². The number of urea groups is 1. The fourth-order valence-electron chi connectivity index (χ4n) is 2.57. The van der Waals surface area contributed by atoms with Crippen LogP contribution < -0.4 is 20.1 Å². The largest absolute Gasteiger partial charge is 0.546 e. The molecule has 1 saturated heterocycles. The maximum atomic E-state index is 12.8. The Morgan fingerprint density at radius 1 is 1.17 bits per heavy atom. The minimum Gasteiger partial charge on any atom is -0.546 e. The molecule has 0 aliphatic carbocycles. The van der Waals surface area contributed by atoms with E-state index in [9.17, 15) is 24.3 Å². The first-order valence-corrected chi connectivity index (χ1v) is 9.20. The van der Waals surface area contributed by atoms with Gasteiger partial charge in [0.25, 0.3) is 11.8 Å². The fraction of sp³-hybridized carbons (Fsp3) is 0.100. The molecular formula is C20H14BrN2O6-. The lowest BCUT2D eigenvalue weighted by molar-refractivity contribution is -0.312. The van der Waals surface area contributed by atoms with Crippen LogP contribution in [-0.2, 0) is 14.4 Å². The smallest absolute Gasteiger partial charge is 0.335 e. The molecule has 0 bridgehead atoms. The molecule has 2 aromatic rings. The number of hydrogen-bond acceptors (Lipinski definition) is 6. The molecular weight excluding hydrogens is 444 g/mol. The van der Waals surface area contributed by atoms with Gasteiger partial charge in [0.1, 0.15) is 17.4 Å². The van der Waals surface area contributed by atoms with Crippen molar-refractivity contribution in [3.05, 3.63) is 64.1 Å². The van der Waals surface area contributed by atoms with E-state index in [-0.39, 0.29) is 11.3 Å². The molecule has 1 N–H and O–H groups in total. The van der Waals surface area contributed by atoms with E-state index >= 15 is 0 Å². The molecule has 1 aliphatic rings. The van der Waals surface area contributed by atoms with E-state index in [0.29, 0.717) is 15.7 Å². The average Bonchev–Trinajstić information content (AvgIpc) is 2.66. The number of hydrogen-bond donors (Lipinski definition) is 1. The first-order chi connectivity index (χ1) is 13.8. The van der Waals surface area contributed by atoms with Gasteiger partial charge >= 0.3 is 6.03 Å². The molecule has 0 saturated carbocycles. The van der Waals surface area contributed by atoms with Crippen LogP contribution in [0.2, 0.25) is 0 Å². The van der Waals surface area contributed by atoms with Crippen LogP contribution in [0.15, 0.2) is 58.6 Å². The summed E-state index contributed by atoms with van der Waals surface area (Å²) in [6.07, 6.45) is 0.204. The SMILES string of the molecule is C[C@@H](Oc1ccc(/C=C2/C(=O)NC(=O)N(c3cccc(Br)c3)C2=O)cc1)C(=O)[O-]. The zero-order chi connectivity index (χ0) is 21.1. The Labute approximate surface area is 173 Å². The second-order valence-electron chi connectivity index (χ2n) is 6.09. The maximum absolute atomic E-state index is 12.8. The number of barbiturate groups is 1. The second-order valence-corrected chi connectivity index (χ2v) is 7.00. The quantitative estimate of drug-likeness (QED) is 0.538. The summed E-state index contributed by atoms with van der Waals surface area (Å²) >= 11 is 3.28. The van der Waals surface area contributed by atoms with E-state index in [4.69, 9.17) is 4.74 Å². The Kier molecular flexibility index (Phi) is 5.79. The second kappa shape index (κ2) is 8.27. The Balaban J connectivity index is 1.87. The van der Waals surface area contributed by atoms with Crippen LogP contribution in [0.25, 0.3) is 6.08 Å². The average molecular weight is 458 g/mol. The summed E-state index contributed by atoms with van der Waals surface area (Å²) in [6.45, 7) is 1.34. The lowest BCUT2D eigenvalue weighted by Gasteiger charge is -2.26. The maximum Gasteiger partial charge on any atom is 0.335 e. The third kappa shape index (κ3) is 4.52. The van der Waals surface area contributed by atoms with Crippen molar-refractivity contribution in [2.24, 2.45) is 0 Å². The number of imide groups is 2. The molecule has 4 amide bonds. The van der Waals surface area contributed by atoms with Crippen LogP contribution in [-0.4, -0.2) is 29.9 Å². The van der Waals surface area contributed by atoms with Gasteiger partial charge in [0.05, 0.1) is 11.7 Å². The molecule has 1 heterocycles. The molecule has 9 heteroatoms. The first kappa shape index (κ1) is 20.3. The van der Waals surface area contributed by atoms with Crippen molar-refractivity contribution in [1.29, 1.82) is 0 Å². The molecule has 148 valence electrons. The zero-order valence-corrected chi connectivity index (χ0v) is 16.6. The third-order valence-corrected chi connectivity index (χ3v) is 4.50. The standard InChI is InChI=1S/C20H15BrN2O6/c1-11(19(26)27)29-15-7-5-12(6-8-15)9-16-17(24)22-20(28)23(18(16)25)14-4-2-3-13(21)10-14/h2-11H,1H3,(H,26,27)(H,22,24,28)/p-1/b16-9-/t11-/m1/s1. The van der Waals surface area contributed by atoms with Crippen molar-refractivity contribution in [2.75, 3.05) is 4.90 Å². The van der Waals surface area contributed by atoms with Gasteiger partial charge in [-0.2, -0.15) is 0 Å². The molecule has 0 unspecified atom stereocenters. The number of carboxylic acid groups (broad SMARTS) is 1. The van der Waals surface area contributed by atoms with Crippen LogP contribution in [0, 0.1) is 0 Å². The summed E-state index contributed by atoms with van der Waals surface area (Å²) in [6, 6.07) is 11.8. The molecule has 1 aliphatic heterocycles. The van der Waals surface area contributed by atoms with E-state index in [1.165, 1.54) is 25.1 Å². The molecule has 8 nitrogen and oxygen atoms in total. The molecule has 0 spiro atoms. The first-order valence-electron chi connectivity index (χ1n) is 8.41. The number of ether oxygens (including phenoxy) is 1. The number of halogens is 1. The van der Waals surface area contributed by atoms with Crippen molar-refractivity contribution in [1.82, 2.24) is 5.32 Å². The number of amides is 4. The Bertz CT molecular complexity index is 1030. The molecule has 1 fully saturated rings. The minimum absolute atomic E-state index is 0.221. The monoisotopic (exact) mass is 457 g/mol. The Morgan fingerprint density at radius 3 is 2.48 bits per heavy atom. The summed E-state index contributed by atoms with van der Waals surface area (Å²) in [4.78, 5) is 48.8. The molecule has 1 atom stereocenters. The topological polar surface area (TPSA) is 116 Å². The van der Waals surface area contributed by atoms with Gasteiger partial charge in [0, 0.05) is 4.47 Å². The van der Waals surface area contributed by atoms with Gasteiger partial charge in [-0.1, -0.05) is 34.1 Å². The van der Waals surface area contributed by atoms with Crippen LogP contribution >= 0.6 is 15.9 Å². The summed E-state index contributed by atoms with van der Waals surface area (Å²) in [7, 11) is 0. The fourth-order valence-corrected chi connectivity index (χ4v) is 2.96. The number of carbonyl (C=O) groups is 4. The van der Waals surface area contributed by atoms with E-state index in [2.05, 4.69) is 21.2 Å². The summed E-state index contributed by atoms with van der Waals surface area (Å²) < 4.78 is 5.84. The highest BCUT2D eigenvalue weighted by atomic mass is 79.9. The van der Waals surface area contributed by atoms with Crippen LogP contribution in [0.5, 0.6) is 5.75 Å². The van der Waals surface area contributed by atoms with Crippen molar-refractivity contribution < 1.29 is 29.0 Å². The number of rotatable bonds is 5. The van der Waals surface area contributed by atoms with Crippen molar-refractivity contribution in [3.8, 4) is 5.75 Å². The van der Waals surface area contributed by atoms with Crippen LogP contribution in [0.3, 0.4) is 0 Å². The predicted octanol–water partition coefficient (Wildman–Crippen LogP) is 1.63. The Hall–Kier alpha value is -3.46. The number of nitrogens with zero attached hydrogens (tertiary/aromatic N) is 1. The highest BCUT2D eigenvalue weighted by molar-refractivity contribution is 9.10. The number of anilines is 1. The molecule has 0 radical (unpaired) electrons. The zero-order valence-electron chi connectivity index (χ0n) is 15.0. The van der Waals surface area contributed by atoms with E-state index in [1.54, 1.807) is 36.4 Å². The van der Waals surface area contributed by atoms with Gasteiger partial charge in [-0.05, 0) is 48.9 Å².